The largest absolute Gasteiger partial charge is 0.466 e. The molecule has 1 aromatic heterocycles. The number of aromatic nitrogens is 2. The number of para-hydroxylation sites is 1. The summed E-state index contributed by atoms with van der Waals surface area (Å²) >= 11 is 0. The zero-order chi connectivity index (χ0) is 20.3. The van der Waals surface area contributed by atoms with E-state index >= 15 is 0 Å². The Balaban J connectivity index is 1.90. The van der Waals surface area contributed by atoms with Gasteiger partial charge in [-0.1, -0.05) is 32.0 Å². The first-order valence-electron chi connectivity index (χ1n) is 10.0. The second-order valence-corrected chi connectivity index (χ2v) is 7.64. The summed E-state index contributed by atoms with van der Waals surface area (Å²) in [5, 5.41) is 4.55. The summed E-state index contributed by atoms with van der Waals surface area (Å²) in [7, 11) is 0. The van der Waals surface area contributed by atoms with E-state index in [9.17, 15) is 9.59 Å². The number of benzene rings is 1. The Labute approximate surface area is 166 Å². The molecule has 1 aliphatic rings. The van der Waals surface area contributed by atoms with Gasteiger partial charge in [0, 0.05) is 13.1 Å². The van der Waals surface area contributed by atoms with Crippen LogP contribution in [0.4, 0.5) is 0 Å². The van der Waals surface area contributed by atoms with Crippen LogP contribution < -0.4 is 0 Å². The van der Waals surface area contributed by atoms with E-state index < -0.39 is 0 Å². The minimum atomic E-state index is -0.244. The zero-order valence-corrected chi connectivity index (χ0v) is 17.1. The van der Waals surface area contributed by atoms with Crippen LogP contribution in [-0.2, 0) is 9.53 Å². The molecule has 2 heterocycles. The number of esters is 1. The smallest absolute Gasteiger partial charge is 0.310 e. The molecule has 1 atom stereocenters. The summed E-state index contributed by atoms with van der Waals surface area (Å²) in [4.78, 5) is 27.2. The van der Waals surface area contributed by atoms with Gasteiger partial charge in [0.2, 0.25) is 0 Å². The number of ether oxygens (including phenoxy) is 1. The fourth-order valence-corrected chi connectivity index (χ4v) is 3.86. The molecule has 6 heteroatoms. The molecule has 1 fully saturated rings. The number of amides is 1. The van der Waals surface area contributed by atoms with Crippen LogP contribution >= 0.6 is 0 Å². The number of carbonyl (C=O) groups excluding carboxylic acids is 2. The average Bonchev–Trinajstić information content (AvgIpc) is 3.13. The van der Waals surface area contributed by atoms with E-state index in [1.54, 1.807) is 18.0 Å². The van der Waals surface area contributed by atoms with Crippen LogP contribution in [0.2, 0.25) is 0 Å². The van der Waals surface area contributed by atoms with Gasteiger partial charge < -0.3 is 9.64 Å². The number of carbonyl (C=O) groups is 2. The van der Waals surface area contributed by atoms with Crippen molar-refractivity contribution >= 4 is 11.9 Å². The number of rotatable bonds is 5. The maximum atomic E-state index is 13.3. The summed E-state index contributed by atoms with van der Waals surface area (Å²) in [5.41, 5.74) is 3.60. The molecule has 1 saturated heterocycles. The maximum Gasteiger partial charge on any atom is 0.310 e. The molecular weight excluding hydrogens is 354 g/mol. The number of hydrogen-bond acceptors (Lipinski definition) is 4. The SMILES string of the molecule is CCOC(=O)C1CCCN(C(=O)c2cnn(-c3ccccc3C)c2C(C)C)C1. The van der Waals surface area contributed by atoms with Gasteiger partial charge in [0.15, 0.2) is 0 Å². The highest BCUT2D eigenvalue weighted by atomic mass is 16.5. The van der Waals surface area contributed by atoms with Crippen LogP contribution in [-0.4, -0.2) is 46.3 Å². The fourth-order valence-electron chi connectivity index (χ4n) is 3.86. The van der Waals surface area contributed by atoms with Crippen molar-refractivity contribution in [3.63, 3.8) is 0 Å². The van der Waals surface area contributed by atoms with Gasteiger partial charge in [-0.3, -0.25) is 9.59 Å². The van der Waals surface area contributed by atoms with Crippen molar-refractivity contribution in [3.05, 3.63) is 47.3 Å². The van der Waals surface area contributed by atoms with Gasteiger partial charge in [0.1, 0.15) is 0 Å². The van der Waals surface area contributed by atoms with Crippen molar-refractivity contribution in [2.24, 2.45) is 5.92 Å². The summed E-state index contributed by atoms with van der Waals surface area (Å²) in [6.07, 6.45) is 3.23. The van der Waals surface area contributed by atoms with E-state index in [1.807, 2.05) is 35.9 Å². The first-order valence-corrected chi connectivity index (χ1v) is 10.0. The fraction of sp³-hybridized carbons (Fsp3) is 0.500. The van der Waals surface area contributed by atoms with Crippen molar-refractivity contribution in [1.29, 1.82) is 0 Å². The Hall–Kier alpha value is -2.63. The van der Waals surface area contributed by atoms with E-state index in [2.05, 4.69) is 18.9 Å². The molecule has 0 N–H and O–H groups in total. The van der Waals surface area contributed by atoms with E-state index in [-0.39, 0.29) is 23.7 Å². The Bertz CT molecular complexity index is 856. The number of aryl methyl sites for hydroxylation is 1. The molecule has 0 saturated carbocycles. The Kier molecular flexibility index (Phi) is 6.17. The number of likely N-dealkylation sites (tertiary alicyclic amines) is 1. The lowest BCUT2D eigenvalue weighted by atomic mass is 9.97. The van der Waals surface area contributed by atoms with Crippen molar-refractivity contribution in [2.45, 2.75) is 46.5 Å². The minimum absolute atomic E-state index is 0.0578. The summed E-state index contributed by atoms with van der Waals surface area (Å²) in [5.74, 6) is -0.379. The molecule has 1 aliphatic heterocycles. The van der Waals surface area contributed by atoms with E-state index in [0.29, 0.717) is 25.3 Å². The molecule has 1 amide bonds. The highest BCUT2D eigenvalue weighted by Crippen LogP contribution is 2.27. The molecule has 0 spiro atoms. The third kappa shape index (κ3) is 3.96. The van der Waals surface area contributed by atoms with Gasteiger partial charge in [-0.2, -0.15) is 5.10 Å². The zero-order valence-electron chi connectivity index (χ0n) is 17.1. The predicted molar refractivity (Wildman–Crippen MR) is 108 cm³/mol. The second-order valence-electron chi connectivity index (χ2n) is 7.64. The monoisotopic (exact) mass is 383 g/mol. The average molecular weight is 383 g/mol. The van der Waals surface area contributed by atoms with Crippen LogP contribution in [0.1, 0.15) is 61.1 Å². The molecule has 0 aliphatic carbocycles. The molecule has 150 valence electrons. The van der Waals surface area contributed by atoms with Gasteiger partial charge >= 0.3 is 5.97 Å². The first kappa shape index (κ1) is 20.1. The highest BCUT2D eigenvalue weighted by Gasteiger charge is 2.32. The maximum absolute atomic E-state index is 13.3. The van der Waals surface area contributed by atoms with Crippen LogP contribution in [0.3, 0.4) is 0 Å². The summed E-state index contributed by atoms with van der Waals surface area (Å²) in [6.45, 7) is 9.41. The lowest BCUT2D eigenvalue weighted by molar-refractivity contribution is -0.149. The Morgan fingerprint density at radius 2 is 2.04 bits per heavy atom. The van der Waals surface area contributed by atoms with Crippen LogP contribution in [0.15, 0.2) is 30.5 Å². The minimum Gasteiger partial charge on any atom is -0.466 e. The van der Waals surface area contributed by atoms with Crippen molar-refractivity contribution in [1.82, 2.24) is 14.7 Å². The van der Waals surface area contributed by atoms with Gasteiger partial charge in [-0.05, 0) is 44.2 Å². The van der Waals surface area contributed by atoms with E-state index in [4.69, 9.17) is 4.74 Å². The van der Waals surface area contributed by atoms with Crippen molar-refractivity contribution in [3.8, 4) is 5.69 Å². The molecule has 28 heavy (non-hydrogen) atoms. The topological polar surface area (TPSA) is 64.4 Å². The number of nitrogens with zero attached hydrogens (tertiary/aromatic N) is 3. The van der Waals surface area contributed by atoms with Crippen molar-refractivity contribution < 1.29 is 14.3 Å². The predicted octanol–water partition coefficient (Wildman–Crippen LogP) is 3.72. The van der Waals surface area contributed by atoms with Gasteiger partial charge in [-0.25, -0.2) is 4.68 Å². The molecule has 6 nitrogen and oxygen atoms in total. The lowest BCUT2D eigenvalue weighted by Crippen LogP contribution is -2.43. The molecule has 3 rings (SSSR count). The summed E-state index contributed by atoms with van der Waals surface area (Å²) < 4.78 is 7.03. The van der Waals surface area contributed by atoms with Gasteiger partial charge in [0.25, 0.3) is 5.91 Å². The first-order chi connectivity index (χ1) is 13.4. The van der Waals surface area contributed by atoms with Crippen LogP contribution in [0.5, 0.6) is 0 Å². The highest BCUT2D eigenvalue weighted by molar-refractivity contribution is 5.96. The molecule has 2 aromatic rings. The summed E-state index contributed by atoms with van der Waals surface area (Å²) in [6, 6.07) is 8.02. The molecule has 1 unspecified atom stereocenters. The normalized spacial score (nSPS) is 17.0. The quantitative estimate of drug-likeness (QED) is 0.738. The van der Waals surface area contributed by atoms with E-state index in [0.717, 1.165) is 29.8 Å². The van der Waals surface area contributed by atoms with Crippen LogP contribution in [0, 0.1) is 12.8 Å². The van der Waals surface area contributed by atoms with Gasteiger partial charge in [0.05, 0.1) is 35.7 Å². The Morgan fingerprint density at radius 1 is 1.29 bits per heavy atom. The standard InChI is InChI=1S/C22H29N3O3/c1-5-28-22(27)17-10-8-12-24(14-17)21(26)18-13-23-25(20(18)15(2)3)19-11-7-6-9-16(19)4/h6-7,9,11,13,15,17H,5,8,10,12,14H2,1-4H3. The molecule has 0 bridgehead atoms. The third-order valence-corrected chi connectivity index (χ3v) is 5.26. The van der Waals surface area contributed by atoms with Crippen molar-refractivity contribution in [2.75, 3.05) is 19.7 Å². The molecule has 0 radical (unpaired) electrons. The number of hydrogen-bond donors (Lipinski definition) is 0. The van der Waals surface area contributed by atoms with Crippen LogP contribution in [0.25, 0.3) is 5.69 Å². The third-order valence-electron chi connectivity index (χ3n) is 5.26. The lowest BCUT2D eigenvalue weighted by Gasteiger charge is -2.31. The van der Waals surface area contributed by atoms with Gasteiger partial charge in [-0.15, -0.1) is 0 Å². The molecular formula is C22H29N3O3. The van der Waals surface area contributed by atoms with E-state index in [1.165, 1.54) is 0 Å². The number of piperidine rings is 1. The Morgan fingerprint density at radius 3 is 2.71 bits per heavy atom. The second kappa shape index (κ2) is 8.59. The molecule has 1 aromatic carbocycles.